The van der Waals surface area contributed by atoms with Crippen LogP contribution < -0.4 is 5.32 Å². The molecular weight excluding hydrogens is 246 g/mol. The van der Waals surface area contributed by atoms with E-state index in [1.807, 2.05) is 12.1 Å². The van der Waals surface area contributed by atoms with Crippen LogP contribution in [0.1, 0.15) is 30.9 Å². The van der Waals surface area contributed by atoms with Gasteiger partial charge in [0.1, 0.15) is 0 Å². The molecule has 1 N–H and O–H groups in total. The third kappa shape index (κ3) is 3.12. The van der Waals surface area contributed by atoms with Crippen molar-refractivity contribution in [1.29, 1.82) is 0 Å². The molecule has 3 nitrogen and oxygen atoms in total. The molecule has 18 heavy (non-hydrogen) atoms. The molecule has 0 bridgehead atoms. The molecule has 0 saturated carbocycles. The topological polar surface area (TPSA) is 46.2 Å². The van der Waals surface area contributed by atoms with Crippen molar-refractivity contribution in [2.45, 2.75) is 37.5 Å². The predicted molar refractivity (Wildman–Crippen MR) is 73.7 cm³/mol. The fourth-order valence-electron chi connectivity index (χ4n) is 2.37. The number of benzene rings is 1. The van der Waals surface area contributed by atoms with Gasteiger partial charge in [-0.3, -0.25) is 0 Å². The van der Waals surface area contributed by atoms with Gasteiger partial charge in [-0.25, -0.2) is 8.42 Å². The molecule has 0 aromatic heterocycles. The van der Waals surface area contributed by atoms with Crippen molar-refractivity contribution >= 4 is 9.84 Å². The second-order valence-electron chi connectivity index (χ2n) is 4.85. The van der Waals surface area contributed by atoms with Crippen LogP contribution in [0.25, 0.3) is 0 Å². The van der Waals surface area contributed by atoms with Crippen molar-refractivity contribution in [2.75, 3.05) is 18.8 Å². The summed E-state index contributed by atoms with van der Waals surface area (Å²) in [6.45, 7) is 3.48. The summed E-state index contributed by atoms with van der Waals surface area (Å²) in [5, 5.41) is 3.13. The number of nitrogens with one attached hydrogen (secondary N) is 1. The Kier molecular flexibility index (Phi) is 4.40. The Balaban J connectivity index is 2.05. The van der Waals surface area contributed by atoms with Crippen LogP contribution in [0.15, 0.2) is 23.1 Å². The third-order valence-corrected chi connectivity index (χ3v) is 5.12. The van der Waals surface area contributed by atoms with Crippen LogP contribution in [-0.2, 0) is 22.7 Å². The quantitative estimate of drug-likeness (QED) is 0.801. The van der Waals surface area contributed by atoms with Crippen LogP contribution in [0.4, 0.5) is 0 Å². The molecule has 1 aliphatic rings. The van der Waals surface area contributed by atoms with Gasteiger partial charge in [0, 0.05) is 6.54 Å². The van der Waals surface area contributed by atoms with Gasteiger partial charge in [0.05, 0.1) is 10.6 Å². The van der Waals surface area contributed by atoms with E-state index < -0.39 is 9.84 Å². The normalized spacial score (nSPS) is 14.7. The highest BCUT2D eigenvalue weighted by Crippen LogP contribution is 2.25. The standard InChI is InChI=1S/C14H21NO2S/c1-2-8-15-9-10-18(16,17)14-7-6-12-4-3-5-13(12)11-14/h6-7,11,15H,2-5,8-10H2,1H3. The van der Waals surface area contributed by atoms with Crippen molar-refractivity contribution in [3.05, 3.63) is 29.3 Å². The monoisotopic (exact) mass is 267 g/mol. The molecule has 0 heterocycles. The summed E-state index contributed by atoms with van der Waals surface area (Å²) in [5.41, 5.74) is 2.54. The van der Waals surface area contributed by atoms with E-state index in [1.54, 1.807) is 6.07 Å². The smallest absolute Gasteiger partial charge is 0.179 e. The second kappa shape index (κ2) is 5.85. The minimum Gasteiger partial charge on any atom is -0.316 e. The first kappa shape index (κ1) is 13.6. The zero-order valence-electron chi connectivity index (χ0n) is 10.9. The van der Waals surface area contributed by atoms with Crippen LogP contribution in [0.2, 0.25) is 0 Å². The van der Waals surface area contributed by atoms with Gasteiger partial charge in [0.2, 0.25) is 0 Å². The van der Waals surface area contributed by atoms with Crippen molar-refractivity contribution < 1.29 is 8.42 Å². The highest BCUT2D eigenvalue weighted by atomic mass is 32.2. The molecule has 2 rings (SSSR count). The first-order chi connectivity index (χ1) is 8.63. The average molecular weight is 267 g/mol. The first-order valence-corrected chi connectivity index (χ1v) is 8.34. The zero-order chi connectivity index (χ0) is 13.0. The molecular formula is C14H21NO2S. The molecule has 0 radical (unpaired) electrons. The SMILES string of the molecule is CCCNCCS(=O)(=O)c1ccc2c(c1)CCC2. The predicted octanol–water partition coefficient (Wildman–Crippen LogP) is 1.95. The molecule has 4 heteroatoms. The summed E-state index contributed by atoms with van der Waals surface area (Å²) in [4.78, 5) is 0.487. The summed E-state index contributed by atoms with van der Waals surface area (Å²) < 4.78 is 24.3. The summed E-state index contributed by atoms with van der Waals surface area (Å²) in [5.74, 6) is 0.186. The zero-order valence-corrected chi connectivity index (χ0v) is 11.7. The largest absolute Gasteiger partial charge is 0.316 e. The minimum atomic E-state index is -3.12. The Labute approximate surface area is 110 Å². The Morgan fingerprint density at radius 2 is 1.94 bits per heavy atom. The number of rotatable bonds is 6. The molecule has 1 aromatic carbocycles. The van der Waals surface area contributed by atoms with Crippen LogP contribution in [0, 0.1) is 0 Å². The van der Waals surface area contributed by atoms with Crippen LogP contribution >= 0.6 is 0 Å². The number of sulfone groups is 1. The van der Waals surface area contributed by atoms with Crippen molar-refractivity contribution in [3.8, 4) is 0 Å². The molecule has 1 aromatic rings. The van der Waals surface area contributed by atoms with Crippen molar-refractivity contribution in [1.82, 2.24) is 5.32 Å². The highest BCUT2D eigenvalue weighted by Gasteiger charge is 2.18. The number of hydrogen-bond acceptors (Lipinski definition) is 3. The molecule has 0 unspecified atom stereocenters. The maximum Gasteiger partial charge on any atom is 0.179 e. The third-order valence-electron chi connectivity index (χ3n) is 3.40. The van der Waals surface area contributed by atoms with E-state index in [2.05, 4.69) is 12.2 Å². The van der Waals surface area contributed by atoms with E-state index in [9.17, 15) is 8.42 Å². The summed E-state index contributed by atoms with van der Waals surface area (Å²) in [6.07, 6.45) is 4.29. The first-order valence-electron chi connectivity index (χ1n) is 6.69. The van der Waals surface area contributed by atoms with E-state index in [4.69, 9.17) is 0 Å². The Morgan fingerprint density at radius 3 is 2.72 bits per heavy atom. The van der Waals surface area contributed by atoms with Gasteiger partial charge < -0.3 is 5.32 Å². The lowest BCUT2D eigenvalue weighted by Crippen LogP contribution is -2.23. The van der Waals surface area contributed by atoms with Gasteiger partial charge in [-0.2, -0.15) is 0 Å². The number of fused-ring (bicyclic) bond motifs is 1. The summed E-state index contributed by atoms with van der Waals surface area (Å²) in [6, 6.07) is 5.62. The molecule has 0 fully saturated rings. The summed E-state index contributed by atoms with van der Waals surface area (Å²) in [7, 11) is -3.12. The van der Waals surface area contributed by atoms with Gasteiger partial charge >= 0.3 is 0 Å². The maximum atomic E-state index is 12.2. The summed E-state index contributed by atoms with van der Waals surface area (Å²) >= 11 is 0. The van der Waals surface area contributed by atoms with E-state index in [1.165, 1.54) is 11.1 Å². The van der Waals surface area contributed by atoms with Crippen LogP contribution in [-0.4, -0.2) is 27.3 Å². The molecule has 0 amide bonds. The van der Waals surface area contributed by atoms with Crippen molar-refractivity contribution in [3.63, 3.8) is 0 Å². The Hall–Kier alpha value is -0.870. The van der Waals surface area contributed by atoms with Gasteiger partial charge in [-0.1, -0.05) is 13.0 Å². The minimum absolute atomic E-state index is 0.186. The molecule has 1 aliphatic carbocycles. The van der Waals surface area contributed by atoms with Gasteiger partial charge in [-0.15, -0.1) is 0 Å². The number of aryl methyl sites for hydroxylation is 2. The lowest BCUT2D eigenvalue weighted by atomic mass is 10.1. The second-order valence-corrected chi connectivity index (χ2v) is 6.96. The number of hydrogen-bond donors (Lipinski definition) is 1. The molecule has 0 spiro atoms. The lowest BCUT2D eigenvalue weighted by Gasteiger charge is -2.07. The van der Waals surface area contributed by atoms with Crippen LogP contribution in [0.5, 0.6) is 0 Å². The molecule has 0 aliphatic heterocycles. The molecule has 100 valence electrons. The van der Waals surface area contributed by atoms with Crippen molar-refractivity contribution in [2.24, 2.45) is 0 Å². The van der Waals surface area contributed by atoms with E-state index in [-0.39, 0.29) is 5.75 Å². The van der Waals surface area contributed by atoms with E-state index in [0.29, 0.717) is 11.4 Å². The fraction of sp³-hybridized carbons (Fsp3) is 0.571. The van der Waals surface area contributed by atoms with Crippen LogP contribution in [0.3, 0.4) is 0 Å². The lowest BCUT2D eigenvalue weighted by molar-refractivity contribution is 0.590. The maximum absolute atomic E-state index is 12.2. The van der Waals surface area contributed by atoms with E-state index in [0.717, 1.165) is 32.2 Å². The van der Waals surface area contributed by atoms with Gasteiger partial charge in [-0.05, 0) is 55.5 Å². The molecule has 0 atom stereocenters. The highest BCUT2D eigenvalue weighted by molar-refractivity contribution is 7.91. The van der Waals surface area contributed by atoms with Gasteiger partial charge in [0.15, 0.2) is 9.84 Å². The fourth-order valence-corrected chi connectivity index (χ4v) is 3.61. The Morgan fingerprint density at radius 1 is 1.17 bits per heavy atom. The Bertz CT molecular complexity index is 509. The van der Waals surface area contributed by atoms with E-state index >= 15 is 0 Å². The molecule has 0 saturated heterocycles. The van der Waals surface area contributed by atoms with Gasteiger partial charge in [0.25, 0.3) is 0 Å². The average Bonchev–Trinajstić information content (AvgIpc) is 2.82.